The second-order valence-corrected chi connectivity index (χ2v) is 9.25. The quantitative estimate of drug-likeness (QED) is 0.425. The smallest absolute Gasteiger partial charge is 0.254 e. The van der Waals surface area contributed by atoms with Crippen molar-refractivity contribution in [3.63, 3.8) is 0 Å². The molecule has 0 atom stereocenters. The van der Waals surface area contributed by atoms with Crippen molar-refractivity contribution in [2.24, 2.45) is 0 Å². The number of carbonyl (C=O) groups excluding carboxylic acids is 1. The van der Waals surface area contributed by atoms with Gasteiger partial charge in [0.25, 0.3) is 5.91 Å². The van der Waals surface area contributed by atoms with Gasteiger partial charge in [-0.15, -0.1) is 0 Å². The van der Waals surface area contributed by atoms with Crippen molar-refractivity contribution in [3.05, 3.63) is 47.2 Å². The Balaban J connectivity index is 1.72. The molecule has 8 heteroatoms. The van der Waals surface area contributed by atoms with Crippen molar-refractivity contribution < 1.29 is 14.6 Å². The first-order valence-corrected chi connectivity index (χ1v) is 12.8. The monoisotopic (exact) mass is 483 g/mol. The number of anilines is 2. The minimum Gasteiger partial charge on any atom is -0.496 e. The maximum Gasteiger partial charge on any atom is 0.254 e. The average molecular weight is 484 g/mol. The summed E-state index contributed by atoms with van der Waals surface area (Å²) in [5, 5.41) is 12.8. The van der Waals surface area contributed by atoms with Gasteiger partial charge in [0.15, 0.2) is 0 Å². The van der Waals surface area contributed by atoms with Crippen molar-refractivity contribution >= 4 is 17.4 Å². The van der Waals surface area contributed by atoms with Crippen molar-refractivity contribution in [3.8, 4) is 5.75 Å². The van der Waals surface area contributed by atoms with E-state index in [0.717, 1.165) is 55.7 Å². The van der Waals surface area contributed by atoms with Gasteiger partial charge in [-0.1, -0.05) is 32.8 Å². The summed E-state index contributed by atoms with van der Waals surface area (Å²) in [5.41, 5.74) is 9.56. The van der Waals surface area contributed by atoms with Gasteiger partial charge in [-0.3, -0.25) is 9.69 Å². The van der Waals surface area contributed by atoms with Gasteiger partial charge < -0.3 is 25.8 Å². The molecule has 0 spiro atoms. The highest BCUT2D eigenvalue weighted by molar-refractivity contribution is 5.94. The third kappa shape index (κ3) is 7.57. The zero-order valence-electron chi connectivity index (χ0n) is 21.4. The van der Waals surface area contributed by atoms with E-state index < -0.39 is 0 Å². The van der Waals surface area contributed by atoms with Crippen LogP contribution in [0.3, 0.4) is 0 Å². The Kier molecular flexibility index (Phi) is 10.2. The van der Waals surface area contributed by atoms with Crippen LogP contribution >= 0.6 is 0 Å². The van der Waals surface area contributed by atoms with Gasteiger partial charge >= 0.3 is 0 Å². The van der Waals surface area contributed by atoms with Crippen molar-refractivity contribution in [2.75, 3.05) is 57.5 Å². The third-order valence-corrected chi connectivity index (χ3v) is 6.52. The van der Waals surface area contributed by atoms with E-state index in [4.69, 9.17) is 15.6 Å². The molecule has 2 aromatic rings. The van der Waals surface area contributed by atoms with Gasteiger partial charge in [-0.25, -0.2) is 4.98 Å². The minimum absolute atomic E-state index is 0.00459. The lowest BCUT2D eigenvalue weighted by molar-refractivity contribution is 0.0614. The van der Waals surface area contributed by atoms with E-state index in [9.17, 15) is 4.79 Å². The fourth-order valence-corrected chi connectivity index (χ4v) is 4.72. The number of rotatable bonds is 12. The number of pyridine rings is 1. The van der Waals surface area contributed by atoms with E-state index in [1.165, 1.54) is 0 Å². The molecule has 192 valence electrons. The lowest BCUT2D eigenvalue weighted by Crippen LogP contribution is -2.49. The Labute approximate surface area is 209 Å². The number of hydrogen-bond acceptors (Lipinski definition) is 7. The summed E-state index contributed by atoms with van der Waals surface area (Å²) in [7, 11) is 1.63. The van der Waals surface area contributed by atoms with Gasteiger partial charge in [0.05, 0.1) is 13.7 Å². The van der Waals surface area contributed by atoms with Gasteiger partial charge in [-0.05, 0) is 31.0 Å². The molecule has 0 bridgehead atoms. The zero-order chi connectivity index (χ0) is 25.2. The number of amides is 1. The molecule has 4 N–H and O–H groups in total. The van der Waals surface area contributed by atoms with E-state index >= 15 is 0 Å². The second-order valence-electron chi connectivity index (χ2n) is 9.25. The van der Waals surface area contributed by atoms with Gasteiger partial charge in [-0.2, -0.15) is 0 Å². The van der Waals surface area contributed by atoms with E-state index in [1.807, 2.05) is 29.2 Å². The number of carbonyl (C=O) groups is 1. The molecule has 1 aromatic heterocycles. The maximum absolute atomic E-state index is 13.1. The number of aliphatic hydroxyl groups is 1. The van der Waals surface area contributed by atoms with Gasteiger partial charge in [0.1, 0.15) is 11.6 Å². The molecule has 0 radical (unpaired) electrons. The molecule has 3 rings (SSSR count). The number of nitrogens with two attached hydrogens (primary N) is 1. The Morgan fingerprint density at radius 2 is 1.86 bits per heavy atom. The van der Waals surface area contributed by atoms with Crippen LogP contribution in [0.2, 0.25) is 0 Å². The minimum atomic E-state index is 0.00459. The van der Waals surface area contributed by atoms with Crippen LogP contribution in [0.5, 0.6) is 5.75 Å². The van der Waals surface area contributed by atoms with Gasteiger partial charge in [0.2, 0.25) is 0 Å². The molecule has 1 amide bonds. The number of β-amino-alcohol motifs (C(OH)–C–C–N with tert-alkyl or cyclic N) is 1. The van der Waals surface area contributed by atoms with Crippen LogP contribution in [0.1, 0.15) is 61.1 Å². The van der Waals surface area contributed by atoms with Crippen molar-refractivity contribution in [2.45, 2.75) is 52.0 Å². The zero-order valence-corrected chi connectivity index (χ0v) is 21.4. The van der Waals surface area contributed by atoms with E-state index in [-0.39, 0.29) is 12.5 Å². The highest BCUT2D eigenvalue weighted by Crippen LogP contribution is 2.26. The molecule has 8 nitrogen and oxygen atoms in total. The largest absolute Gasteiger partial charge is 0.496 e. The Morgan fingerprint density at radius 3 is 2.49 bits per heavy atom. The molecular weight excluding hydrogens is 442 g/mol. The number of benzene rings is 1. The molecule has 1 aromatic carbocycles. The molecule has 0 unspecified atom stereocenters. The molecule has 1 aliphatic rings. The van der Waals surface area contributed by atoms with Crippen LogP contribution in [0.25, 0.3) is 0 Å². The number of aromatic nitrogens is 1. The number of nitrogens with zero attached hydrogens (tertiary/aromatic N) is 3. The van der Waals surface area contributed by atoms with Crippen LogP contribution in [0, 0.1) is 0 Å². The average Bonchev–Trinajstić information content (AvgIpc) is 2.84. The summed E-state index contributed by atoms with van der Waals surface area (Å²) in [4.78, 5) is 21.6. The summed E-state index contributed by atoms with van der Waals surface area (Å²) < 4.78 is 5.65. The Bertz CT molecular complexity index is 954. The summed E-state index contributed by atoms with van der Waals surface area (Å²) in [6.45, 7) is 8.06. The highest BCUT2D eigenvalue weighted by Gasteiger charge is 2.23. The summed E-state index contributed by atoms with van der Waals surface area (Å²) in [5.74, 6) is 1.16. The fraction of sp³-hybridized carbons (Fsp3) is 0.556. The number of hydrogen-bond donors (Lipinski definition) is 3. The highest BCUT2D eigenvalue weighted by atomic mass is 16.5. The Morgan fingerprint density at radius 1 is 1.14 bits per heavy atom. The molecule has 0 aliphatic carbocycles. The number of nitrogen functional groups attached to an aromatic ring is 1. The SMILES string of the molecule is CCCC(CCC)Nc1cc(N)nc(Cc2ccc(C(=O)N3CCN(CCO)CC3)cc2OC)c1. The lowest BCUT2D eigenvalue weighted by Gasteiger charge is -2.34. The summed E-state index contributed by atoms with van der Waals surface area (Å²) in [6.07, 6.45) is 5.05. The number of nitrogens with one attached hydrogen (secondary N) is 1. The normalized spacial score (nSPS) is 14.4. The number of aliphatic hydroxyl groups excluding tert-OH is 1. The first-order chi connectivity index (χ1) is 17.0. The van der Waals surface area contributed by atoms with Crippen molar-refractivity contribution in [1.29, 1.82) is 0 Å². The topological polar surface area (TPSA) is 104 Å². The first-order valence-electron chi connectivity index (χ1n) is 12.8. The first kappa shape index (κ1) is 26.8. The predicted octanol–water partition coefficient (Wildman–Crippen LogP) is 3.39. The lowest BCUT2D eigenvalue weighted by atomic mass is 10.0. The van der Waals surface area contributed by atoms with Crippen LogP contribution in [0.4, 0.5) is 11.5 Å². The molecule has 35 heavy (non-hydrogen) atoms. The molecule has 2 heterocycles. The molecule has 0 saturated carbocycles. The van der Waals surface area contributed by atoms with Crippen LogP contribution in [-0.4, -0.2) is 78.3 Å². The second kappa shape index (κ2) is 13.3. The fourth-order valence-electron chi connectivity index (χ4n) is 4.72. The number of methoxy groups -OCH3 is 1. The van der Waals surface area contributed by atoms with E-state index in [1.54, 1.807) is 7.11 Å². The van der Waals surface area contributed by atoms with E-state index in [0.29, 0.717) is 49.2 Å². The predicted molar refractivity (Wildman–Crippen MR) is 141 cm³/mol. The molecule has 1 fully saturated rings. The van der Waals surface area contributed by atoms with Gasteiger partial charge in [0, 0.05) is 73.8 Å². The number of ether oxygens (including phenoxy) is 1. The van der Waals surface area contributed by atoms with Crippen LogP contribution in [0.15, 0.2) is 30.3 Å². The molecule has 1 saturated heterocycles. The van der Waals surface area contributed by atoms with Crippen LogP contribution in [-0.2, 0) is 6.42 Å². The van der Waals surface area contributed by atoms with Crippen molar-refractivity contribution in [1.82, 2.24) is 14.8 Å². The van der Waals surface area contributed by atoms with Crippen LogP contribution < -0.4 is 15.8 Å². The van der Waals surface area contributed by atoms with E-state index in [2.05, 4.69) is 35.1 Å². The summed E-state index contributed by atoms with van der Waals surface area (Å²) >= 11 is 0. The maximum atomic E-state index is 13.1. The molecular formula is C27H41N5O3. The molecule has 1 aliphatic heterocycles. The third-order valence-electron chi connectivity index (χ3n) is 6.52. The standard InChI is InChI=1S/C27H41N5O3/c1-4-6-22(7-5-2)29-24-18-23(30-26(28)19-24)16-20-8-9-21(17-25(20)35-3)27(34)32-12-10-31(11-13-32)14-15-33/h8-9,17-19,22,33H,4-7,10-16H2,1-3H3,(H3,28,29,30). The summed E-state index contributed by atoms with van der Waals surface area (Å²) in [6, 6.07) is 10.00. The Hall–Kier alpha value is -2.84. The number of piperazine rings is 1.